The van der Waals surface area contributed by atoms with E-state index in [2.05, 4.69) is 10.3 Å². The molecular weight excluding hydrogens is 380 g/mol. The Morgan fingerprint density at radius 1 is 0.833 bits per heavy atom. The van der Waals surface area contributed by atoms with Gasteiger partial charge in [0.1, 0.15) is 5.52 Å². The van der Waals surface area contributed by atoms with Crippen LogP contribution in [0.4, 0.5) is 0 Å². The fourth-order valence-corrected chi connectivity index (χ4v) is 3.94. The summed E-state index contributed by atoms with van der Waals surface area (Å²) in [5.41, 5.74) is 3.85. The summed E-state index contributed by atoms with van der Waals surface area (Å²) >= 11 is 0. The number of fused-ring (bicyclic) bond motifs is 3. The van der Waals surface area contributed by atoms with E-state index in [-0.39, 0.29) is 23.0 Å². The van der Waals surface area contributed by atoms with Gasteiger partial charge in [0.15, 0.2) is 23.0 Å². The van der Waals surface area contributed by atoms with Crippen LogP contribution in [0.3, 0.4) is 0 Å². The first kappa shape index (κ1) is 16.6. The maximum atomic E-state index is 13.3. The van der Waals surface area contributed by atoms with Gasteiger partial charge in [0.25, 0.3) is 0 Å². The monoisotopic (exact) mass is 392 g/mol. The molecule has 6 nitrogen and oxygen atoms in total. The van der Waals surface area contributed by atoms with Gasteiger partial charge in [0, 0.05) is 16.7 Å². The third-order valence-electron chi connectivity index (χ3n) is 5.35. The third-order valence-corrected chi connectivity index (χ3v) is 5.35. The van der Waals surface area contributed by atoms with E-state index in [4.69, 9.17) is 9.36 Å². The number of hydrogen-bond donors (Lipinski definition) is 0. The predicted molar refractivity (Wildman–Crippen MR) is 111 cm³/mol. The van der Waals surface area contributed by atoms with Crippen molar-refractivity contribution in [2.75, 3.05) is 0 Å². The molecule has 30 heavy (non-hydrogen) atoms. The van der Waals surface area contributed by atoms with Crippen LogP contribution in [0.15, 0.2) is 76.4 Å². The lowest BCUT2D eigenvalue weighted by Crippen LogP contribution is -2.19. The fourth-order valence-electron chi connectivity index (χ4n) is 3.94. The van der Waals surface area contributed by atoms with Gasteiger partial charge in [0.05, 0.1) is 10.9 Å². The highest BCUT2D eigenvalue weighted by molar-refractivity contribution is 6.52. The van der Waals surface area contributed by atoms with Crippen molar-refractivity contribution in [2.24, 2.45) is 5.16 Å². The minimum absolute atomic E-state index is 0.189. The maximum absolute atomic E-state index is 13.3. The molecule has 0 unspecified atom stereocenters. The summed E-state index contributed by atoms with van der Waals surface area (Å²) in [4.78, 5) is 31.3. The Hall–Kier alpha value is -4.32. The van der Waals surface area contributed by atoms with Gasteiger partial charge in [-0.25, -0.2) is 0 Å². The van der Waals surface area contributed by atoms with Crippen molar-refractivity contribution in [2.45, 2.75) is 0 Å². The summed E-state index contributed by atoms with van der Waals surface area (Å²) in [6, 6.07) is 18.0. The van der Waals surface area contributed by atoms with Gasteiger partial charge in [-0.1, -0.05) is 64.9 Å². The molecule has 0 N–H and O–H groups in total. The zero-order valence-corrected chi connectivity index (χ0v) is 15.5. The standard InChI is InChI=1S/C24H12N2O4/c27-18-11-9-13-5-1-2-6-14(13)22(18)26-29-19-12-10-17-20-21(19)23(28)15-7-3-4-8-16(15)24(20)30-25-17/h1-12H/b26-22+. The van der Waals surface area contributed by atoms with E-state index >= 15 is 0 Å². The second kappa shape index (κ2) is 6.09. The zero-order valence-electron chi connectivity index (χ0n) is 15.5. The normalized spacial score (nSPS) is 15.4. The number of benzene rings is 3. The Labute approximate surface area is 170 Å². The minimum atomic E-state index is -0.259. The average molecular weight is 392 g/mol. The van der Waals surface area contributed by atoms with Crippen LogP contribution < -0.4 is 4.84 Å². The number of carbonyl (C=O) groups is 2. The first-order valence-electron chi connectivity index (χ1n) is 9.35. The SMILES string of the molecule is O=C1C=Cc2ccccc2/C1=N\Oc1ccc2noc3c2c1C(=O)c1ccccc1-3. The molecule has 0 fully saturated rings. The zero-order chi connectivity index (χ0) is 20.2. The van der Waals surface area contributed by atoms with Crippen molar-refractivity contribution in [3.63, 3.8) is 0 Å². The molecule has 0 saturated carbocycles. The van der Waals surface area contributed by atoms with Crippen LogP contribution in [0.1, 0.15) is 27.0 Å². The lowest BCUT2D eigenvalue weighted by atomic mass is 9.87. The molecule has 0 bridgehead atoms. The fraction of sp³-hybridized carbons (Fsp3) is 0. The van der Waals surface area contributed by atoms with Crippen LogP contribution in [0, 0.1) is 0 Å². The smallest absolute Gasteiger partial charge is 0.208 e. The molecule has 0 saturated heterocycles. The quantitative estimate of drug-likeness (QED) is 0.416. The maximum Gasteiger partial charge on any atom is 0.208 e. The Bertz CT molecular complexity index is 1460. The van der Waals surface area contributed by atoms with Crippen LogP contribution in [0.5, 0.6) is 5.75 Å². The highest BCUT2D eigenvalue weighted by atomic mass is 16.6. The first-order valence-corrected chi connectivity index (χ1v) is 9.35. The van der Waals surface area contributed by atoms with E-state index in [1.807, 2.05) is 36.4 Å². The molecule has 2 aliphatic rings. The van der Waals surface area contributed by atoms with E-state index in [0.717, 1.165) is 5.56 Å². The highest BCUT2D eigenvalue weighted by Gasteiger charge is 2.32. The summed E-state index contributed by atoms with van der Waals surface area (Å²) in [5.74, 6) is 0.317. The summed E-state index contributed by atoms with van der Waals surface area (Å²) in [5, 5.41) is 8.80. The van der Waals surface area contributed by atoms with Crippen LogP contribution in [-0.2, 0) is 4.79 Å². The molecule has 0 aliphatic heterocycles. The molecule has 4 aromatic rings. The summed E-state index contributed by atoms with van der Waals surface area (Å²) in [6.45, 7) is 0. The van der Waals surface area contributed by atoms with Crippen molar-refractivity contribution in [3.05, 3.63) is 89.0 Å². The van der Waals surface area contributed by atoms with E-state index in [9.17, 15) is 9.59 Å². The number of oxime groups is 1. The second-order valence-corrected chi connectivity index (χ2v) is 7.04. The lowest BCUT2D eigenvalue weighted by Gasteiger charge is -2.16. The highest BCUT2D eigenvalue weighted by Crippen LogP contribution is 2.43. The van der Waals surface area contributed by atoms with Gasteiger partial charge in [-0.15, -0.1) is 0 Å². The number of rotatable bonds is 2. The Kier molecular flexibility index (Phi) is 3.37. The van der Waals surface area contributed by atoms with Gasteiger partial charge in [0.2, 0.25) is 5.78 Å². The molecule has 2 aliphatic carbocycles. The van der Waals surface area contributed by atoms with Gasteiger partial charge >= 0.3 is 0 Å². The second-order valence-electron chi connectivity index (χ2n) is 7.04. The molecule has 1 heterocycles. The van der Waals surface area contributed by atoms with Crippen molar-refractivity contribution < 1.29 is 18.9 Å². The number of ketones is 2. The molecule has 6 rings (SSSR count). The molecule has 0 spiro atoms. The van der Waals surface area contributed by atoms with Gasteiger partial charge < -0.3 is 9.36 Å². The first-order chi connectivity index (χ1) is 14.7. The van der Waals surface area contributed by atoms with Crippen molar-refractivity contribution in [1.29, 1.82) is 0 Å². The molecule has 0 atom stereocenters. The average Bonchev–Trinajstić information content (AvgIpc) is 3.22. The predicted octanol–water partition coefficient (Wildman–Crippen LogP) is 4.42. The number of hydrogen-bond acceptors (Lipinski definition) is 6. The van der Waals surface area contributed by atoms with Crippen molar-refractivity contribution >= 4 is 34.3 Å². The van der Waals surface area contributed by atoms with Crippen molar-refractivity contribution in [3.8, 4) is 17.1 Å². The van der Waals surface area contributed by atoms with Crippen LogP contribution in [0.25, 0.3) is 28.3 Å². The van der Waals surface area contributed by atoms with Crippen LogP contribution in [-0.4, -0.2) is 22.4 Å². The summed E-state index contributed by atoms with van der Waals surface area (Å²) in [6.07, 6.45) is 3.20. The number of carbonyl (C=O) groups excluding carboxylic acids is 2. The molecule has 1 aromatic heterocycles. The van der Waals surface area contributed by atoms with Crippen LogP contribution in [0.2, 0.25) is 0 Å². The molecule has 0 radical (unpaired) electrons. The van der Waals surface area contributed by atoms with E-state index < -0.39 is 0 Å². The molecule has 6 heteroatoms. The van der Waals surface area contributed by atoms with E-state index in [0.29, 0.717) is 38.9 Å². The topological polar surface area (TPSA) is 81.8 Å². The molecule has 3 aromatic carbocycles. The summed E-state index contributed by atoms with van der Waals surface area (Å²) < 4.78 is 5.53. The Morgan fingerprint density at radius 3 is 2.47 bits per heavy atom. The van der Waals surface area contributed by atoms with Crippen molar-refractivity contribution in [1.82, 2.24) is 5.16 Å². The van der Waals surface area contributed by atoms with Gasteiger partial charge in [-0.3, -0.25) is 9.59 Å². The molecule has 142 valence electrons. The van der Waals surface area contributed by atoms with E-state index in [1.54, 1.807) is 30.3 Å². The van der Waals surface area contributed by atoms with E-state index in [1.165, 1.54) is 6.08 Å². The minimum Gasteiger partial charge on any atom is -0.355 e. The third kappa shape index (κ3) is 2.24. The van der Waals surface area contributed by atoms with Gasteiger partial charge in [-0.05, 0) is 23.8 Å². The Morgan fingerprint density at radius 2 is 1.60 bits per heavy atom. The van der Waals surface area contributed by atoms with Gasteiger partial charge in [-0.2, -0.15) is 0 Å². The van der Waals surface area contributed by atoms with Crippen LogP contribution >= 0.6 is 0 Å². The Balaban J connectivity index is 1.51. The largest absolute Gasteiger partial charge is 0.355 e. The summed E-state index contributed by atoms with van der Waals surface area (Å²) in [7, 11) is 0. The molecule has 0 amide bonds. The number of allylic oxidation sites excluding steroid dienone is 1. The number of aromatic nitrogens is 1. The molecular formula is C24H12N2O4. The lowest BCUT2D eigenvalue weighted by molar-refractivity contribution is -0.108. The number of nitrogens with zero attached hydrogens (tertiary/aromatic N) is 2.